The molecule has 0 spiro atoms. The number of aromatic nitrogens is 1. The van der Waals surface area contributed by atoms with Crippen LogP contribution in [0, 0.1) is 11.3 Å². The summed E-state index contributed by atoms with van der Waals surface area (Å²) in [6.07, 6.45) is -0.0269. The van der Waals surface area contributed by atoms with Crippen molar-refractivity contribution < 1.29 is 19.1 Å². The van der Waals surface area contributed by atoms with Crippen LogP contribution in [0.5, 0.6) is 0 Å². The van der Waals surface area contributed by atoms with Crippen LogP contribution in [0.4, 0.5) is 5.69 Å². The van der Waals surface area contributed by atoms with E-state index in [-0.39, 0.29) is 18.9 Å². The number of ether oxygens (including phenoxy) is 1. The Morgan fingerprint density at radius 2 is 1.85 bits per heavy atom. The zero-order valence-corrected chi connectivity index (χ0v) is 19.6. The van der Waals surface area contributed by atoms with Gasteiger partial charge < -0.3 is 4.74 Å². The molecular formula is C25H18ClN3O4S. The molecule has 2 aromatic carbocycles. The summed E-state index contributed by atoms with van der Waals surface area (Å²) < 4.78 is 4.96. The minimum atomic E-state index is -0.725. The zero-order chi connectivity index (χ0) is 24.2. The molecule has 0 N–H and O–H groups in total. The van der Waals surface area contributed by atoms with Crippen molar-refractivity contribution in [3.8, 4) is 17.3 Å². The van der Waals surface area contributed by atoms with Crippen molar-refractivity contribution in [2.45, 2.75) is 23.6 Å². The van der Waals surface area contributed by atoms with Crippen molar-refractivity contribution in [1.29, 1.82) is 5.26 Å². The highest BCUT2D eigenvalue weighted by Gasteiger charge is 2.40. The minimum Gasteiger partial charge on any atom is -0.462 e. The number of thioether (sulfide) groups is 1. The molecule has 1 aliphatic rings. The standard InChI is InChI=1S/C25H18ClN3O4S/c1-2-33-25(32)16-5-10-19(11-6-16)29-22(30)13-21(24(29)31)34-23-17(14-27)7-12-20(28-23)15-3-8-18(26)9-4-15/h3-12,21H,2,13H2,1H3. The fourth-order valence-corrected chi connectivity index (χ4v) is 4.68. The van der Waals surface area contributed by atoms with Crippen molar-refractivity contribution in [2.24, 2.45) is 0 Å². The van der Waals surface area contributed by atoms with E-state index >= 15 is 0 Å². The molecule has 3 aromatic rings. The first-order valence-corrected chi connectivity index (χ1v) is 11.6. The number of carbonyl (C=O) groups excluding carboxylic acids is 3. The third-order valence-corrected chi connectivity index (χ3v) is 6.56. The Balaban J connectivity index is 1.56. The van der Waals surface area contributed by atoms with Gasteiger partial charge in [-0.25, -0.2) is 14.7 Å². The van der Waals surface area contributed by atoms with Gasteiger partial charge in [0.05, 0.1) is 34.4 Å². The first-order chi connectivity index (χ1) is 16.4. The molecule has 0 bridgehead atoms. The number of rotatable bonds is 6. The highest BCUT2D eigenvalue weighted by Crippen LogP contribution is 2.35. The molecule has 4 rings (SSSR count). The number of hydrogen-bond acceptors (Lipinski definition) is 7. The number of hydrogen-bond donors (Lipinski definition) is 0. The fourth-order valence-electron chi connectivity index (χ4n) is 3.46. The molecule has 0 aliphatic carbocycles. The second-order valence-electron chi connectivity index (χ2n) is 7.31. The van der Waals surface area contributed by atoms with E-state index in [1.807, 2.05) is 12.1 Å². The Morgan fingerprint density at radius 3 is 2.50 bits per heavy atom. The summed E-state index contributed by atoms with van der Waals surface area (Å²) in [4.78, 5) is 43.3. The number of nitriles is 1. The van der Waals surface area contributed by atoms with Crippen LogP contribution >= 0.6 is 23.4 Å². The predicted molar refractivity (Wildman–Crippen MR) is 129 cm³/mol. The molecule has 2 heterocycles. The van der Waals surface area contributed by atoms with E-state index in [0.717, 1.165) is 22.2 Å². The maximum Gasteiger partial charge on any atom is 0.338 e. The van der Waals surface area contributed by atoms with Gasteiger partial charge in [-0.05, 0) is 55.5 Å². The number of anilines is 1. The van der Waals surface area contributed by atoms with E-state index in [1.54, 1.807) is 31.2 Å². The molecule has 1 aromatic heterocycles. The molecule has 0 saturated carbocycles. The molecule has 1 atom stereocenters. The molecule has 2 amide bonds. The molecular weight excluding hydrogens is 474 g/mol. The summed E-state index contributed by atoms with van der Waals surface area (Å²) in [6.45, 7) is 1.96. The average molecular weight is 492 g/mol. The monoisotopic (exact) mass is 491 g/mol. The van der Waals surface area contributed by atoms with Gasteiger partial charge in [0.15, 0.2) is 0 Å². The Labute approximate surface area is 205 Å². The Morgan fingerprint density at radius 1 is 1.15 bits per heavy atom. The van der Waals surface area contributed by atoms with Crippen molar-refractivity contribution in [3.05, 3.63) is 76.8 Å². The summed E-state index contributed by atoms with van der Waals surface area (Å²) in [5, 5.41) is 9.77. The number of nitrogens with zero attached hydrogens (tertiary/aromatic N) is 3. The first-order valence-electron chi connectivity index (χ1n) is 10.4. The van der Waals surface area contributed by atoms with E-state index < -0.39 is 17.1 Å². The van der Waals surface area contributed by atoms with Gasteiger partial charge in [0.1, 0.15) is 11.1 Å². The number of pyridine rings is 1. The van der Waals surface area contributed by atoms with Crippen molar-refractivity contribution >= 4 is 46.8 Å². The van der Waals surface area contributed by atoms with Crippen LogP contribution < -0.4 is 4.90 Å². The third kappa shape index (κ3) is 4.81. The summed E-state index contributed by atoms with van der Waals surface area (Å²) in [5.41, 5.74) is 2.46. The number of halogens is 1. The van der Waals surface area contributed by atoms with Crippen LogP contribution in [-0.4, -0.2) is 34.6 Å². The van der Waals surface area contributed by atoms with Crippen molar-refractivity contribution in [2.75, 3.05) is 11.5 Å². The zero-order valence-electron chi connectivity index (χ0n) is 18.0. The first kappa shape index (κ1) is 23.5. The van der Waals surface area contributed by atoms with E-state index in [4.69, 9.17) is 16.3 Å². The third-order valence-electron chi connectivity index (χ3n) is 5.12. The molecule has 1 aliphatic heterocycles. The Bertz CT molecular complexity index is 1300. The summed E-state index contributed by atoms with van der Waals surface area (Å²) in [7, 11) is 0. The molecule has 170 valence electrons. The molecule has 34 heavy (non-hydrogen) atoms. The van der Waals surface area contributed by atoms with E-state index in [1.165, 1.54) is 24.3 Å². The van der Waals surface area contributed by atoms with Crippen molar-refractivity contribution in [3.63, 3.8) is 0 Å². The van der Waals surface area contributed by atoms with Gasteiger partial charge in [0.2, 0.25) is 11.8 Å². The van der Waals surface area contributed by atoms with E-state index in [9.17, 15) is 19.6 Å². The maximum absolute atomic E-state index is 13.1. The SMILES string of the molecule is CCOC(=O)c1ccc(N2C(=O)CC(Sc3nc(-c4ccc(Cl)cc4)ccc3C#N)C2=O)cc1. The van der Waals surface area contributed by atoms with Crippen LogP contribution in [0.25, 0.3) is 11.3 Å². The smallest absolute Gasteiger partial charge is 0.338 e. The van der Waals surface area contributed by atoms with E-state index in [2.05, 4.69) is 11.1 Å². The van der Waals surface area contributed by atoms with Gasteiger partial charge in [0.25, 0.3) is 0 Å². The van der Waals surface area contributed by atoms with Gasteiger partial charge >= 0.3 is 5.97 Å². The number of carbonyl (C=O) groups is 3. The lowest BCUT2D eigenvalue weighted by molar-refractivity contribution is -0.121. The number of benzene rings is 2. The predicted octanol–water partition coefficient (Wildman–Crippen LogP) is 4.87. The minimum absolute atomic E-state index is 0.0269. The Hall–Kier alpha value is -3.67. The van der Waals surface area contributed by atoms with Crippen molar-refractivity contribution in [1.82, 2.24) is 4.98 Å². The topological polar surface area (TPSA) is 100 Å². The summed E-state index contributed by atoms with van der Waals surface area (Å²) in [6, 6.07) is 18.7. The maximum atomic E-state index is 13.1. The number of amides is 2. The van der Waals surface area contributed by atoms with E-state index in [0.29, 0.717) is 32.6 Å². The van der Waals surface area contributed by atoms with Crippen LogP contribution in [0.2, 0.25) is 5.02 Å². The number of esters is 1. The molecule has 0 radical (unpaired) electrons. The molecule has 7 nitrogen and oxygen atoms in total. The van der Waals surface area contributed by atoms with Crippen LogP contribution in [0.1, 0.15) is 29.3 Å². The van der Waals surface area contributed by atoms with Gasteiger partial charge in [0, 0.05) is 17.0 Å². The van der Waals surface area contributed by atoms with Crippen LogP contribution in [0.3, 0.4) is 0 Å². The molecule has 1 saturated heterocycles. The highest BCUT2D eigenvalue weighted by atomic mass is 35.5. The fraction of sp³-hybridized carbons (Fsp3) is 0.160. The average Bonchev–Trinajstić information content (AvgIpc) is 3.12. The summed E-state index contributed by atoms with van der Waals surface area (Å²) >= 11 is 7.05. The Kier molecular flexibility index (Phi) is 6.96. The second kappa shape index (κ2) is 10.1. The van der Waals surface area contributed by atoms with Gasteiger partial charge in [-0.15, -0.1) is 0 Å². The largest absolute Gasteiger partial charge is 0.462 e. The number of imide groups is 1. The molecule has 1 unspecified atom stereocenters. The second-order valence-corrected chi connectivity index (χ2v) is 8.94. The molecule has 9 heteroatoms. The van der Waals surface area contributed by atoms with Gasteiger partial charge in [-0.2, -0.15) is 5.26 Å². The summed E-state index contributed by atoms with van der Waals surface area (Å²) in [5.74, 6) is -1.24. The normalized spacial score (nSPS) is 15.3. The highest BCUT2D eigenvalue weighted by molar-refractivity contribution is 8.00. The lowest BCUT2D eigenvalue weighted by Crippen LogP contribution is -2.31. The van der Waals surface area contributed by atoms with Crippen LogP contribution in [-0.2, 0) is 14.3 Å². The van der Waals surface area contributed by atoms with Gasteiger partial charge in [-0.3, -0.25) is 9.59 Å². The quantitative estimate of drug-likeness (QED) is 0.358. The molecule has 1 fully saturated rings. The lowest BCUT2D eigenvalue weighted by atomic mass is 10.1. The van der Waals surface area contributed by atoms with Crippen LogP contribution in [0.15, 0.2) is 65.7 Å². The lowest BCUT2D eigenvalue weighted by Gasteiger charge is -2.15. The van der Waals surface area contributed by atoms with Gasteiger partial charge in [-0.1, -0.05) is 35.5 Å².